The van der Waals surface area contributed by atoms with Gasteiger partial charge >= 0.3 is 0 Å². The zero-order chi connectivity index (χ0) is 19.0. The highest BCUT2D eigenvalue weighted by Crippen LogP contribution is 2.28. The second-order valence-electron chi connectivity index (χ2n) is 7.37. The molecule has 2 saturated heterocycles. The highest BCUT2D eigenvalue weighted by Gasteiger charge is 2.34. The standard InChI is InChI=1S/C17H25N5O4S/c1-27(24,25)22-4-2-13(3-5-22)16(23)21-11-14-10-18-17(19-15(14)12-21)20-6-8-26-9-7-20/h10,13H,2-9,11-12H2,1H3. The van der Waals surface area contributed by atoms with E-state index in [1.165, 1.54) is 10.6 Å². The van der Waals surface area contributed by atoms with E-state index in [0.29, 0.717) is 58.2 Å². The molecule has 4 heterocycles. The fraction of sp³-hybridized carbons (Fsp3) is 0.706. The number of hydrogen-bond acceptors (Lipinski definition) is 7. The Bertz CT molecular complexity index is 817. The number of amides is 1. The third kappa shape index (κ3) is 3.92. The Kier molecular flexibility index (Phi) is 5.04. The first-order chi connectivity index (χ1) is 12.9. The van der Waals surface area contributed by atoms with Crippen molar-refractivity contribution in [3.63, 3.8) is 0 Å². The van der Waals surface area contributed by atoms with Gasteiger partial charge in [-0.15, -0.1) is 0 Å². The summed E-state index contributed by atoms with van der Waals surface area (Å²) in [5.74, 6) is 0.672. The maximum Gasteiger partial charge on any atom is 0.226 e. The number of fused-ring (bicyclic) bond motifs is 1. The molecule has 0 aromatic carbocycles. The summed E-state index contributed by atoms with van der Waals surface area (Å²) in [5.41, 5.74) is 1.90. The van der Waals surface area contributed by atoms with Crippen LogP contribution in [0.1, 0.15) is 24.1 Å². The Labute approximate surface area is 159 Å². The van der Waals surface area contributed by atoms with Crippen LogP contribution in [0.2, 0.25) is 0 Å². The Balaban J connectivity index is 1.39. The third-order valence-corrected chi connectivity index (χ3v) is 6.82. The van der Waals surface area contributed by atoms with E-state index in [1.54, 1.807) is 0 Å². The van der Waals surface area contributed by atoms with Crippen molar-refractivity contribution in [2.24, 2.45) is 5.92 Å². The van der Waals surface area contributed by atoms with Crippen LogP contribution in [-0.4, -0.2) is 79.1 Å². The predicted molar refractivity (Wildman–Crippen MR) is 98.5 cm³/mol. The van der Waals surface area contributed by atoms with Crippen molar-refractivity contribution in [2.75, 3.05) is 50.5 Å². The molecule has 27 heavy (non-hydrogen) atoms. The number of nitrogens with zero attached hydrogens (tertiary/aromatic N) is 5. The van der Waals surface area contributed by atoms with Crippen LogP contribution in [0.4, 0.5) is 5.95 Å². The predicted octanol–water partition coefficient (Wildman–Crippen LogP) is -0.173. The first-order valence-electron chi connectivity index (χ1n) is 9.33. The van der Waals surface area contributed by atoms with Crippen molar-refractivity contribution >= 4 is 21.9 Å². The molecule has 0 spiro atoms. The van der Waals surface area contributed by atoms with Gasteiger partial charge in [0, 0.05) is 50.4 Å². The summed E-state index contributed by atoms with van der Waals surface area (Å²) in [6.45, 7) is 4.77. The summed E-state index contributed by atoms with van der Waals surface area (Å²) in [5, 5.41) is 0. The molecule has 0 atom stereocenters. The molecule has 9 nitrogen and oxygen atoms in total. The highest BCUT2D eigenvalue weighted by atomic mass is 32.2. The largest absolute Gasteiger partial charge is 0.378 e. The molecule has 1 aromatic rings. The van der Waals surface area contributed by atoms with Crippen LogP contribution in [-0.2, 0) is 32.6 Å². The molecule has 1 aromatic heterocycles. The molecule has 3 aliphatic rings. The van der Waals surface area contributed by atoms with Gasteiger partial charge in [-0.2, -0.15) is 0 Å². The molecule has 1 amide bonds. The van der Waals surface area contributed by atoms with Crippen molar-refractivity contribution < 1.29 is 17.9 Å². The van der Waals surface area contributed by atoms with Gasteiger partial charge in [0.2, 0.25) is 21.9 Å². The lowest BCUT2D eigenvalue weighted by Gasteiger charge is -2.31. The number of morpholine rings is 1. The van der Waals surface area contributed by atoms with Gasteiger partial charge in [0.1, 0.15) is 0 Å². The Morgan fingerprint density at radius 3 is 2.52 bits per heavy atom. The van der Waals surface area contributed by atoms with Crippen LogP contribution in [0.15, 0.2) is 6.20 Å². The number of carbonyl (C=O) groups is 1. The number of aromatic nitrogens is 2. The minimum Gasteiger partial charge on any atom is -0.378 e. The van der Waals surface area contributed by atoms with E-state index in [1.807, 2.05) is 11.1 Å². The smallest absolute Gasteiger partial charge is 0.226 e. The normalized spacial score (nSPS) is 22.1. The van der Waals surface area contributed by atoms with Gasteiger partial charge in [-0.05, 0) is 12.8 Å². The van der Waals surface area contributed by atoms with Gasteiger partial charge in [-0.1, -0.05) is 0 Å². The van der Waals surface area contributed by atoms with Crippen LogP contribution in [0.5, 0.6) is 0 Å². The number of rotatable bonds is 3. The first-order valence-corrected chi connectivity index (χ1v) is 11.2. The molecule has 2 fully saturated rings. The minimum absolute atomic E-state index is 0.0917. The summed E-state index contributed by atoms with van der Waals surface area (Å²) in [6, 6.07) is 0. The minimum atomic E-state index is -3.18. The average molecular weight is 395 g/mol. The zero-order valence-corrected chi connectivity index (χ0v) is 16.3. The number of hydrogen-bond donors (Lipinski definition) is 0. The van der Waals surface area contributed by atoms with Crippen molar-refractivity contribution in [3.8, 4) is 0 Å². The van der Waals surface area contributed by atoms with Gasteiger partial charge in [-0.25, -0.2) is 22.7 Å². The number of piperidine rings is 1. The molecule has 0 saturated carbocycles. The molecule has 3 aliphatic heterocycles. The molecular weight excluding hydrogens is 370 g/mol. The van der Waals surface area contributed by atoms with E-state index in [4.69, 9.17) is 4.74 Å². The lowest BCUT2D eigenvalue weighted by Crippen LogP contribution is -2.42. The maximum atomic E-state index is 12.9. The molecule has 148 valence electrons. The average Bonchev–Trinajstić information content (AvgIpc) is 3.11. The number of ether oxygens (including phenoxy) is 1. The molecule has 4 rings (SSSR count). The van der Waals surface area contributed by atoms with Gasteiger partial charge in [-0.3, -0.25) is 4.79 Å². The first kappa shape index (κ1) is 18.6. The Morgan fingerprint density at radius 1 is 1.15 bits per heavy atom. The fourth-order valence-corrected chi connectivity index (χ4v) is 4.78. The summed E-state index contributed by atoms with van der Waals surface area (Å²) in [4.78, 5) is 26.0. The molecule has 0 radical (unpaired) electrons. The maximum absolute atomic E-state index is 12.9. The van der Waals surface area contributed by atoms with E-state index in [9.17, 15) is 13.2 Å². The summed E-state index contributed by atoms with van der Waals surface area (Å²) >= 11 is 0. The van der Waals surface area contributed by atoms with E-state index in [0.717, 1.165) is 24.3 Å². The highest BCUT2D eigenvalue weighted by molar-refractivity contribution is 7.88. The van der Waals surface area contributed by atoms with E-state index < -0.39 is 10.0 Å². The summed E-state index contributed by atoms with van der Waals surface area (Å²) in [7, 11) is -3.18. The summed E-state index contributed by atoms with van der Waals surface area (Å²) in [6.07, 6.45) is 4.19. The number of sulfonamides is 1. The summed E-state index contributed by atoms with van der Waals surface area (Å²) < 4.78 is 30.1. The number of carbonyl (C=O) groups excluding carboxylic acids is 1. The van der Waals surface area contributed by atoms with Gasteiger partial charge < -0.3 is 14.5 Å². The second kappa shape index (κ2) is 7.33. The van der Waals surface area contributed by atoms with Crippen molar-refractivity contribution in [1.82, 2.24) is 19.2 Å². The van der Waals surface area contributed by atoms with Crippen LogP contribution in [0.3, 0.4) is 0 Å². The van der Waals surface area contributed by atoms with Crippen molar-refractivity contribution in [3.05, 3.63) is 17.5 Å². The molecule has 0 aliphatic carbocycles. The van der Waals surface area contributed by atoms with E-state index in [2.05, 4.69) is 14.9 Å². The molecule has 0 bridgehead atoms. The van der Waals surface area contributed by atoms with Crippen molar-refractivity contribution in [2.45, 2.75) is 25.9 Å². The fourth-order valence-electron chi connectivity index (χ4n) is 3.91. The Morgan fingerprint density at radius 2 is 1.85 bits per heavy atom. The topological polar surface area (TPSA) is 95.9 Å². The number of anilines is 1. The quantitative estimate of drug-likeness (QED) is 0.701. The monoisotopic (exact) mass is 395 g/mol. The van der Waals surface area contributed by atoms with E-state index >= 15 is 0 Å². The third-order valence-electron chi connectivity index (χ3n) is 5.52. The van der Waals surface area contributed by atoms with Crippen molar-refractivity contribution in [1.29, 1.82) is 0 Å². The van der Waals surface area contributed by atoms with Crippen LogP contribution < -0.4 is 4.90 Å². The van der Waals surface area contributed by atoms with E-state index in [-0.39, 0.29) is 11.8 Å². The van der Waals surface area contributed by atoms with Gasteiger partial charge in [0.15, 0.2) is 0 Å². The molecule has 0 unspecified atom stereocenters. The van der Waals surface area contributed by atoms with Crippen LogP contribution in [0.25, 0.3) is 0 Å². The Hall–Kier alpha value is -1.78. The van der Waals surface area contributed by atoms with Crippen LogP contribution >= 0.6 is 0 Å². The zero-order valence-electron chi connectivity index (χ0n) is 15.5. The molecule has 0 N–H and O–H groups in total. The van der Waals surface area contributed by atoms with Crippen LogP contribution in [0, 0.1) is 5.92 Å². The van der Waals surface area contributed by atoms with Gasteiger partial charge in [0.05, 0.1) is 31.7 Å². The molecular formula is C17H25N5O4S. The lowest BCUT2D eigenvalue weighted by molar-refractivity contribution is -0.137. The second-order valence-corrected chi connectivity index (χ2v) is 9.35. The molecule has 10 heteroatoms. The lowest BCUT2D eigenvalue weighted by atomic mass is 9.96. The SMILES string of the molecule is CS(=O)(=O)N1CCC(C(=O)N2Cc3cnc(N4CCOCC4)nc3C2)CC1. The van der Waals surface area contributed by atoms with Gasteiger partial charge in [0.25, 0.3) is 0 Å².